The molecular weight excluding hydrogens is 513 g/mol. The summed E-state index contributed by atoms with van der Waals surface area (Å²) in [7, 11) is -2.53. The van der Waals surface area contributed by atoms with Gasteiger partial charge in [0.25, 0.3) is 0 Å². The number of halogens is 4. The van der Waals surface area contributed by atoms with E-state index in [1.54, 1.807) is 14.0 Å². The molecule has 0 aromatic carbocycles. The fraction of sp³-hybridized carbons (Fsp3) is 0.450. The first-order valence-corrected chi connectivity index (χ1v) is 12.2. The Bertz CT molecular complexity index is 1370. The van der Waals surface area contributed by atoms with Crippen LogP contribution in [0.1, 0.15) is 36.0 Å². The van der Waals surface area contributed by atoms with E-state index < -0.39 is 34.4 Å². The Kier molecular flexibility index (Phi) is 6.36. The van der Waals surface area contributed by atoms with Crippen LogP contribution in [0.25, 0.3) is 5.82 Å². The molecule has 1 aliphatic carbocycles. The molecule has 15 heteroatoms. The summed E-state index contributed by atoms with van der Waals surface area (Å²) in [4.78, 5) is 4.05. The Morgan fingerprint density at radius 3 is 2.49 bits per heavy atom. The number of aryl methyl sites for hydroxylation is 2. The summed E-state index contributed by atoms with van der Waals surface area (Å²) in [5.74, 6) is 0.164. The van der Waals surface area contributed by atoms with Gasteiger partial charge in [-0.25, -0.2) is 18.1 Å². The topological polar surface area (TPSA) is 124 Å². The van der Waals surface area contributed by atoms with Crippen LogP contribution in [0.3, 0.4) is 0 Å². The van der Waals surface area contributed by atoms with Crippen LogP contribution < -0.4 is 9.46 Å². The van der Waals surface area contributed by atoms with Gasteiger partial charge < -0.3 is 9.84 Å². The number of aliphatic hydroxyl groups is 1. The maximum Gasteiger partial charge on any atom is 0.397 e. The van der Waals surface area contributed by atoms with Crippen molar-refractivity contribution in [3.63, 3.8) is 0 Å². The van der Waals surface area contributed by atoms with Crippen molar-refractivity contribution in [1.29, 1.82) is 0 Å². The highest BCUT2D eigenvalue weighted by Gasteiger charge is 2.64. The van der Waals surface area contributed by atoms with Crippen molar-refractivity contribution in [3.8, 4) is 11.7 Å². The number of hydrogen-bond acceptors (Lipinski definition) is 7. The van der Waals surface area contributed by atoms with Gasteiger partial charge in [-0.15, -0.1) is 5.10 Å². The van der Waals surface area contributed by atoms with Gasteiger partial charge in [0.2, 0.25) is 15.9 Å². The first-order valence-electron chi connectivity index (χ1n) is 10.4. The molecule has 10 nitrogen and oxygen atoms in total. The molecular formula is C20H22ClF3N6O4S. The largest absolute Gasteiger partial charge is 0.476 e. The van der Waals surface area contributed by atoms with Gasteiger partial charge >= 0.3 is 6.18 Å². The summed E-state index contributed by atoms with van der Waals surface area (Å²) in [6.45, 7) is 2.59. The summed E-state index contributed by atoms with van der Waals surface area (Å²) in [6.07, 6.45) is -4.59. The van der Waals surface area contributed by atoms with Crippen molar-refractivity contribution >= 4 is 21.6 Å². The molecule has 4 rings (SSSR count). The molecule has 0 radical (unpaired) electrons. The van der Waals surface area contributed by atoms with E-state index in [9.17, 15) is 26.7 Å². The Labute approximate surface area is 203 Å². The molecule has 1 atom stereocenters. The van der Waals surface area contributed by atoms with Crippen molar-refractivity contribution in [3.05, 3.63) is 46.5 Å². The second-order valence-corrected chi connectivity index (χ2v) is 10.4. The molecule has 1 unspecified atom stereocenters. The van der Waals surface area contributed by atoms with E-state index in [0.717, 1.165) is 0 Å². The lowest BCUT2D eigenvalue weighted by atomic mass is 10.1. The molecule has 0 bridgehead atoms. The molecule has 0 aliphatic heterocycles. The number of nitrogens with zero attached hydrogens (tertiary/aromatic N) is 5. The van der Waals surface area contributed by atoms with Crippen LogP contribution in [0, 0.1) is 19.3 Å². The van der Waals surface area contributed by atoms with E-state index in [0.29, 0.717) is 5.69 Å². The molecule has 0 saturated heterocycles. The molecule has 1 aliphatic rings. The summed E-state index contributed by atoms with van der Waals surface area (Å²) in [6, 6.07) is 4.15. The van der Waals surface area contributed by atoms with Crippen molar-refractivity contribution in [2.75, 3.05) is 6.61 Å². The van der Waals surface area contributed by atoms with Gasteiger partial charge in [-0.1, -0.05) is 11.6 Å². The average molecular weight is 535 g/mol. The molecule has 3 heterocycles. The second-order valence-electron chi connectivity index (χ2n) is 8.36. The summed E-state index contributed by atoms with van der Waals surface area (Å²) in [5, 5.41) is 18.4. The Balaban J connectivity index is 1.47. The van der Waals surface area contributed by atoms with Crippen LogP contribution in [-0.4, -0.2) is 50.9 Å². The number of sulfonamides is 1. The zero-order valence-electron chi connectivity index (χ0n) is 18.8. The van der Waals surface area contributed by atoms with Crippen LogP contribution >= 0.6 is 11.6 Å². The minimum Gasteiger partial charge on any atom is -0.476 e. The number of nitrogens with one attached hydrogen (secondary N) is 1. The average Bonchev–Trinajstić information content (AvgIpc) is 3.33. The standard InChI is InChI=1S/C20H22ClF3N6O4S/c1-11-16(12(2)29(3)26-11)35(32,33)28-18(31)13-4-5-14(25-17(13)21)30-9-6-15(27-30)34-10-19(7-8-19)20(22,23)24/h4-6,9,18,28,31H,7-8,10H2,1-3H3. The van der Waals surface area contributed by atoms with E-state index >= 15 is 0 Å². The van der Waals surface area contributed by atoms with Crippen LogP contribution in [-0.2, 0) is 17.1 Å². The maximum atomic E-state index is 13.1. The molecule has 3 aromatic heterocycles. The van der Waals surface area contributed by atoms with E-state index in [4.69, 9.17) is 16.3 Å². The fourth-order valence-electron chi connectivity index (χ4n) is 3.56. The van der Waals surface area contributed by atoms with Crippen molar-refractivity contribution in [2.45, 2.75) is 44.0 Å². The number of aliphatic hydroxyl groups excluding tert-OH is 1. The molecule has 1 fully saturated rings. The van der Waals surface area contributed by atoms with E-state index in [-0.39, 0.29) is 45.8 Å². The fourth-order valence-corrected chi connectivity index (χ4v) is 5.31. The lowest BCUT2D eigenvalue weighted by molar-refractivity contribution is -0.194. The predicted molar refractivity (Wildman–Crippen MR) is 118 cm³/mol. The highest BCUT2D eigenvalue weighted by Crippen LogP contribution is 2.57. The zero-order valence-corrected chi connectivity index (χ0v) is 20.4. The molecule has 190 valence electrons. The first-order chi connectivity index (χ1) is 16.2. The molecule has 1 saturated carbocycles. The number of alkyl halides is 3. The number of rotatable bonds is 8. The normalized spacial score (nSPS) is 16.3. The summed E-state index contributed by atoms with van der Waals surface area (Å²) < 4.78 is 74.8. The first kappa shape index (κ1) is 25.4. The van der Waals surface area contributed by atoms with Crippen molar-refractivity contribution in [1.82, 2.24) is 29.3 Å². The number of hydrogen-bond donors (Lipinski definition) is 2. The molecule has 35 heavy (non-hydrogen) atoms. The predicted octanol–water partition coefficient (Wildman–Crippen LogP) is 2.96. The second kappa shape index (κ2) is 8.76. The highest BCUT2D eigenvalue weighted by atomic mass is 35.5. The molecule has 2 N–H and O–H groups in total. The third kappa shape index (κ3) is 4.87. The Hall–Kier alpha value is -2.68. The van der Waals surface area contributed by atoms with Gasteiger partial charge in [-0.3, -0.25) is 4.68 Å². The van der Waals surface area contributed by atoms with Gasteiger partial charge in [0.05, 0.1) is 11.4 Å². The SMILES string of the molecule is Cc1nn(C)c(C)c1S(=O)(=O)NC(O)c1ccc(-n2ccc(OCC3(C(F)(F)F)CC3)n2)nc1Cl. The van der Waals surface area contributed by atoms with E-state index in [1.807, 2.05) is 0 Å². The zero-order chi connectivity index (χ0) is 25.8. The smallest absolute Gasteiger partial charge is 0.397 e. The Morgan fingerprint density at radius 1 is 1.26 bits per heavy atom. The van der Waals surface area contributed by atoms with Crippen LogP contribution in [0.2, 0.25) is 5.15 Å². The number of ether oxygens (including phenoxy) is 1. The number of aromatic nitrogens is 5. The van der Waals surface area contributed by atoms with E-state index in [2.05, 4.69) is 19.9 Å². The third-order valence-corrected chi connectivity index (χ3v) is 7.85. The van der Waals surface area contributed by atoms with Crippen molar-refractivity contribution < 1.29 is 31.4 Å². The number of pyridine rings is 1. The minimum absolute atomic E-state index is 0.0114. The van der Waals surface area contributed by atoms with Gasteiger partial charge in [0, 0.05) is 24.9 Å². The molecule has 0 amide bonds. The van der Waals surface area contributed by atoms with Crippen molar-refractivity contribution in [2.24, 2.45) is 12.5 Å². The monoisotopic (exact) mass is 534 g/mol. The lowest BCUT2D eigenvalue weighted by Gasteiger charge is -2.18. The molecule has 3 aromatic rings. The summed E-state index contributed by atoms with van der Waals surface area (Å²) in [5.41, 5.74) is -1.18. The summed E-state index contributed by atoms with van der Waals surface area (Å²) >= 11 is 6.18. The van der Waals surface area contributed by atoms with Crippen LogP contribution in [0.15, 0.2) is 29.3 Å². The molecule has 0 spiro atoms. The van der Waals surface area contributed by atoms with Gasteiger partial charge in [-0.2, -0.15) is 23.0 Å². The van der Waals surface area contributed by atoms with Crippen LogP contribution in [0.4, 0.5) is 13.2 Å². The lowest BCUT2D eigenvalue weighted by Crippen LogP contribution is -2.30. The van der Waals surface area contributed by atoms with Crippen LogP contribution in [0.5, 0.6) is 5.88 Å². The minimum atomic E-state index is -4.34. The van der Waals surface area contributed by atoms with Gasteiger partial charge in [-0.05, 0) is 38.8 Å². The van der Waals surface area contributed by atoms with E-state index in [1.165, 1.54) is 40.7 Å². The highest BCUT2D eigenvalue weighted by molar-refractivity contribution is 7.89. The third-order valence-electron chi connectivity index (χ3n) is 5.89. The Morgan fingerprint density at radius 2 is 1.94 bits per heavy atom. The van der Waals surface area contributed by atoms with Gasteiger partial charge in [0.15, 0.2) is 5.82 Å². The maximum absolute atomic E-state index is 13.1. The quantitative estimate of drug-likeness (QED) is 0.336. The van der Waals surface area contributed by atoms with Gasteiger partial charge in [0.1, 0.15) is 28.3 Å².